The molecule has 1 unspecified atom stereocenters. The summed E-state index contributed by atoms with van der Waals surface area (Å²) in [6.45, 7) is 13.7. The van der Waals surface area contributed by atoms with E-state index in [2.05, 4.69) is 65.3 Å². The molecule has 2 saturated heterocycles. The molecule has 1 amide bonds. The number of nitrogens with zero attached hydrogens (tertiary/aromatic N) is 5. The van der Waals surface area contributed by atoms with Gasteiger partial charge in [-0.15, -0.1) is 0 Å². The first-order valence-electron chi connectivity index (χ1n) is 12.2. The van der Waals surface area contributed by atoms with Gasteiger partial charge in [0, 0.05) is 61.9 Å². The third kappa shape index (κ3) is 4.59. The fourth-order valence-electron chi connectivity index (χ4n) is 4.83. The van der Waals surface area contributed by atoms with E-state index < -0.39 is 0 Å². The Morgan fingerprint density at radius 2 is 1.82 bits per heavy atom. The van der Waals surface area contributed by atoms with Gasteiger partial charge in [-0.2, -0.15) is 5.10 Å². The van der Waals surface area contributed by atoms with Crippen LogP contribution in [0.3, 0.4) is 0 Å². The van der Waals surface area contributed by atoms with Crippen LogP contribution in [0.15, 0.2) is 42.7 Å². The molecule has 34 heavy (non-hydrogen) atoms. The van der Waals surface area contributed by atoms with Crippen molar-refractivity contribution in [1.29, 1.82) is 0 Å². The second-order valence-electron chi connectivity index (χ2n) is 10.4. The summed E-state index contributed by atoms with van der Waals surface area (Å²) in [6.07, 6.45) is 4.04. The van der Waals surface area contributed by atoms with E-state index in [1.807, 2.05) is 23.7 Å². The number of hydrogen-bond donors (Lipinski definition) is 1. The molecule has 1 aromatic carbocycles. The van der Waals surface area contributed by atoms with E-state index >= 15 is 0 Å². The van der Waals surface area contributed by atoms with Crippen molar-refractivity contribution in [1.82, 2.24) is 24.8 Å². The number of fused-ring (bicyclic) bond motifs is 1. The Labute approximate surface area is 200 Å². The molecule has 3 aromatic rings. The zero-order valence-corrected chi connectivity index (χ0v) is 20.5. The van der Waals surface area contributed by atoms with Crippen LogP contribution in [-0.4, -0.2) is 69.8 Å². The summed E-state index contributed by atoms with van der Waals surface area (Å²) >= 11 is 0. The lowest BCUT2D eigenvalue weighted by Crippen LogP contribution is -2.53. The average Bonchev–Trinajstić information content (AvgIpc) is 3.48. The molecule has 5 rings (SSSR count). The number of ether oxygens (including phenoxy) is 1. The second kappa shape index (κ2) is 8.91. The van der Waals surface area contributed by atoms with Gasteiger partial charge < -0.3 is 15.0 Å². The summed E-state index contributed by atoms with van der Waals surface area (Å²) in [5.74, 6) is 0.764. The number of amides is 1. The topological polar surface area (TPSA) is 75.0 Å². The number of hydrogen-bond acceptors (Lipinski definition) is 6. The fourth-order valence-corrected chi connectivity index (χ4v) is 4.83. The maximum atomic E-state index is 11.6. The predicted octanol–water partition coefficient (Wildman–Crippen LogP) is 3.22. The zero-order chi connectivity index (χ0) is 23.9. The highest BCUT2D eigenvalue weighted by Crippen LogP contribution is 2.29. The molecule has 2 aliphatic rings. The first-order valence-corrected chi connectivity index (χ1v) is 12.2. The van der Waals surface area contributed by atoms with E-state index in [9.17, 15) is 4.79 Å². The van der Waals surface area contributed by atoms with E-state index in [1.165, 1.54) is 5.69 Å². The van der Waals surface area contributed by atoms with Gasteiger partial charge in [-0.25, -0.2) is 9.50 Å². The SMILES string of the molecule is C[C@@H](Oc1nc(-c2ccc(N3CCN(C(C)(C)C)CC3)cc2)cn2nccc12)C1CNC(=O)C1. The Balaban J connectivity index is 1.34. The molecule has 0 saturated carbocycles. The molecule has 2 atom stereocenters. The molecule has 4 heterocycles. The Kier molecular flexibility index (Phi) is 5.93. The fraction of sp³-hybridized carbons (Fsp3) is 0.500. The molecule has 2 fully saturated rings. The third-order valence-corrected chi connectivity index (χ3v) is 7.08. The Morgan fingerprint density at radius 1 is 1.09 bits per heavy atom. The van der Waals surface area contributed by atoms with Gasteiger partial charge in [-0.1, -0.05) is 12.1 Å². The number of piperazine rings is 1. The van der Waals surface area contributed by atoms with Crippen LogP contribution in [0, 0.1) is 5.92 Å². The predicted molar refractivity (Wildman–Crippen MR) is 133 cm³/mol. The van der Waals surface area contributed by atoms with Crippen LogP contribution >= 0.6 is 0 Å². The lowest BCUT2D eigenvalue weighted by molar-refractivity contribution is -0.119. The van der Waals surface area contributed by atoms with E-state index in [1.54, 1.807) is 6.20 Å². The highest BCUT2D eigenvalue weighted by Gasteiger charge is 2.29. The summed E-state index contributed by atoms with van der Waals surface area (Å²) in [5, 5.41) is 7.30. The van der Waals surface area contributed by atoms with Gasteiger partial charge in [0.15, 0.2) is 0 Å². The largest absolute Gasteiger partial charge is 0.473 e. The van der Waals surface area contributed by atoms with Crippen LogP contribution in [0.4, 0.5) is 5.69 Å². The number of anilines is 1. The number of nitrogens with one attached hydrogen (secondary N) is 1. The minimum Gasteiger partial charge on any atom is -0.473 e. The number of carbonyl (C=O) groups is 1. The molecule has 0 bridgehead atoms. The summed E-state index contributed by atoms with van der Waals surface area (Å²) in [7, 11) is 0. The standard InChI is InChI=1S/C26H34N6O2/c1-18(20-15-24(33)27-16-20)34-25-23-9-10-28-32(23)17-22(29-25)19-5-7-21(8-6-19)30-11-13-31(14-12-30)26(2,3)4/h5-10,17-18,20H,11-16H2,1-4H3,(H,27,33)/t18-,20?/m1/s1. The van der Waals surface area contributed by atoms with Crippen LogP contribution < -0.4 is 15.0 Å². The van der Waals surface area contributed by atoms with Gasteiger partial charge in [-0.3, -0.25) is 9.69 Å². The first-order chi connectivity index (χ1) is 16.3. The Morgan fingerprint density at radius 3 is 2.47 bits per heavy atom. The summed E-state index contributed by atoms with van der Waals surface area (Å²) in [6, 6.07) is 10.5. The van der Waals surface area contributed by atoms with Crippen molar-refractivity contribution >= 4 is 17.1 Å². The molecule has 0 aliphatic carbocycles. The van der Waals surface area contributed by atoms with Gasteiger partial charge in [-0.05, 0) is 45.9 Å². The number of aromatic nitrogens is 3. The molecule has 2 aliphatic heterocycles. The number of rotatable bonds is 5. The van der Waals surface area contributed by atoms with Gasteiger partial charge in [0.2, 0.25) is 11.8 Å². The molecule has 0 spiro atoms. The number of carbonyl (C=O) groups excluding carboxylic acids is 1. The second-order valence-corrected chi connectivity index (χ2v) is 10.4. The van der Waals surface area contributed by atoms with Crippen molar-refractivity contribution in [3.63, 3.8) is 0 Å². The summed E-state index contributed by atoms with van der Waals surface area (Å²) in [5.41, 5.74) is 4.10. The molecule has 0 radical (unpaired) electrons. The molecule has 180 valence electrons. The lowest BCUT2D eigenvalue weighted by Gasteiger charge is -2.43. The van der Waals surface area contributed by atoms with Gasteiger partial charge in [0.25, 0.3) is 0 Å². The van der Waals surface area contributed by atoms with Crippen molar-refractivity contribution in [2.75, 3.05) is 37.6 Å². The van der Waals surface area contributed by atoms with Crippen molar-refractivity contribution in [2.24, 2.45) is 5.92 Å². The van der Waals surface area contributed by atoms with Crippen LogP contribution in [0.25, 0.3) is 16.8 Å². The van der Waals surface area contributed by atoms with Crippen LogP contribution in [-0.2, 0) is 4.79 Å². The van der Waals surface area contributed by atoms with Gasteiger partial charge in [0.05, 0.1) is 18.1 Å². The van der Waals surface area contributed by atoms with Gasteiger partial charge in [0.1, 0.15) is 11.6 Å². The maximum Gasteiger partial charge on any atom is 0.240 e. The van der Waals surface area contributed by atoms with Crippen molar-refractivity contribution in [2.45, 2.75) is 45.8 Å². The molecular formula is C26H34N6O2. The molecule has 2 aromatic heterocycles. The maximum absolute atomic E-state index is 11.6. The summed E-state index contributed by atoms with van der Waals surface area (Å²) < 4.78 is 8.07. The normalized spacial score (nSPS) is 20.5. The lowest BCUT2D eigenvalue weighted by atomic mass is 10.0. The van der Waals surface area contributed by atoms with Crippen LogP contribution in [0.2, 0.25) is 0 Å². The van der Waals surface area contributed by atoms with E-state index in [-0.39, 0.29) is 23.5 Å². The quantitative estimate of drug-likeness (QED) is 0.628. The number of benzene rings is 1. The average molecular weight is 463 g/mol. The van der Waals surface area contributed by atoms with Gasteiger partial charge >= 0.3 is 0 Å². The highest BCUT2D eigenvalue weighted by atomic mass is 16.5. The third-order valence-electron chi connectivity index (χ3n) is 7.08. The minimum absolute atomic E-state index is 0.0802. The molecule has 8 nitrogen and oxygen atoms in total. The monoisotopic (exact) mass is 462 g/mol. The molecule has 8 heteroatoms. The van der Waals surface area contributed by atoms with Crippen molar-refractivity contribution < 1.29 is 9.53 Å². The van der Waals surface area contributed by atoms with Crippen molar-refractivity contribution in [3.05, 3.63) is 42.7 Å². The molecule has 1 N–H and O–H groups in total. The van der Waals surface area contributed by atoms with E-state index in [0.29, 0.717) is 18.8 Å². The Bertz CT molecular complexity index is 1160. The highest BCUT2D eigenvalue weighted by molar-refractivity contribution is 5.78. The zero-order valence-electron chi connectivity index (χ0n) is 20.5. The smallest absolute Gasteiger partial charge is 0.240 e. The van der Waals surface area contributed by atoms with Crippen LogP contribution in [0.1, 0.15) is 34.1 Å². The minimum atomic E-state index is -0.130. The van der Waals surface area contributed by atoms with Crippen molar-refractivity contribution in [3.8, 4) is 17.1 Å². The molecular weight excluding hydrogens is 428 g/mol. The Hall–Kier alpha value is -3.13. The van der Waals surface area contributed by atoms with Crippen LogP contribution in [0.5, 0.6) is 5.88 Å². The van der Waals surface area contributed by atoms with E-state index in [4.69, 9.17) is 9.72 Å². The van der Waals surface area contributed by atoms with E-state index in [0.717, 1.165) is 43.0 Å². The summed E-state index contributed by atoms with van der Waals surface area (Å²) in [4.78, 5) is 21.5. The first kappa shape index (κ1) is 22.7.